The van der Waals surface area contributed by atoms with E-state index < -0.39 is 0 Å². The van der Waals surface area contributed by atoms with Gasteiger partial charge in [-0.2, -0.15) is 0 Å². The molecule has 0 radical (unpaired) electrons. The maximum absolute atomic E-state index is 5.74. The van der Waals surface area contributed by atoms with Gasteiger partial charge in [0.1, 0.15) is 0 Å². The molecule has 0 fully saturated rings. The largest absolute Gasteiger partial charge is 0.370 e. The molecule has 2 N–H and O–H groups in total. The first-order valence-corrected chi connectivity index (χ1v) is 6.62. The van der Waals surface area contributed by atoms with Crippen molar-refractivity contribution in [3.05, 3.63) is 32.7 Å². The van der Waals surface area contributed by atoms with Crippen molar-refractivity contribution in [3.63, 3.8) is 0 Å². The zero-order chi connectivity index (χ0) is 11.7. The molecule has 3 nitrogen and oxygen atoms in total. The van der Waals surface area contributed by atoms with Gasteiger partial charge in [0, 0.05) is 28.5 Å². The highest BCUT2D eigenvalue weighted by molar-refractivity contribution is 9.11. The first-order valence-electron chi connectivity index (χ1n) is 5.04. The second-order valence-electron chi connectivity index (χ2n) is 3.94. The van der Waals surface area contributed by atoms with Gasteiger partial charge in [-0.3, -0.25) is 4.99 Å². The lowest BCUT2D eigenvalue weighted by Crippen LogP contribution is -2.41. The predicted molar refractivity (Wildman–Crippen MR) is 73.7 cm³/mol. The number of rotatable bonds is 1. The first-order chi connectivity index (χ1) is 7.58. The van der Waals surface area contributed by atoms with Gasteiger partial charge in [0.2, 0.25) is 0 Å². The average Bonchev–Trinajstić information content (AvgIpc) is 2.26. The molecule has 0 amide bonds. The smallest absolute Gasteiger partial charge is 0.191 e. The van der Waals surface area contributed by atoms with Crippen LogP contribution in [-0.4, -0.2) is 31.0 Å². The number of hydrogen-bond donors (Lipinski definition) is 1. The van der Waals surface area contributed by atoms with E-state index in [1.807, 2.05) is 18.0 Å². The molecule has 0 saturated carbocycles. The lowest BCUT2D eigenvalue weighted by molar-refractivity contribution is 0.421. The van der Waals surface area contributed by atoms with Gasteiger partial charge in [-0.15, -0.1) is 0 Å². The molecule has 16 heavy (non-hydrogen) atoms. The molecule has 0 aromatic heterocycles. The van der Waals surface area contributed by atoms with Gasteiger partial charge < -0.3 is 10.6 Å². The molecule has 1 aliphatic rings. The van der Waals surface area contributed by atoms with Crippen LogP contribution in [0.2, 0.25) is 0 Å². The van der Waals surface area contributed by atoms with E-state index in [0.29, 0.717) is 11.9 Å². The van der Waals surface area contributed by atoms with E-state index in [1.165, 1.54) is 5.56 Å². The molecule has 0 spiro atoms. The predicted octanol–water partition coefficient (Wildman–Crippen LogP) is 2.56. The Kier molecular flexibility index (Phi) is 3.54. The van der Waals surface area contributed by atoms with Crippen LogP contribution < -0.4 is 5.73 Å². The van der Waals surface area contributed by atoms with Crippen LogP contribution >= 0.6 is 31.9 Å². The van der Waals surface area contributed by atoms with Crippen molar-refractivity contribution < 1.29 is 0 Å². The third-order valence-electron chi connectivity index (χ3n) is 2.76. The molecule has 86 valence electrons. The van der Waals surface area contributed by atoms with E-state index in [1.54, 1.807) is 0 Å². The molecule has 2 rings (SSSR count). The van der Waals surface area contributed by atoms with Crippen molar-refractivity contribution in [1.29, 1.82) is 0 Å². The molecule has 1 aliphatic heterocycles. The van der Waals surface area contributed by atoms with Crippen molar-refractivity contribution in [2.45, 2.75) is 5.92 Å². The fraction of sp³-hybridized carbons (Fsp3) is 0.364. The van der Waals surface area contributed by atoms with Gasteiger partial charge >= 0.3 is 0 Å². The maximum Gasteiger partial charge on any atom is 0.191 e. The maximum atomic E-state index is 5.74. The number of nitrogens with two attached hydrogens (primary N) is 1. The van der Waals surface area contributed by atoms with E-state index >= 15 is 0 Å². The monoisotopic (exact) mass is 345 g/mol. The lowest BCUT2D eigenvalue weighted by atomic mass is 9.98. The number of halogens is 2. The van der Waals surface area contributed by atoms with E-state index in [4.69, 9.17) is 5.73 Å². The summed E-state index contributed by atoms with van der Waals surface area (Å²) in [5, 5.41) is 0. The van der Waals surface area contributed by atoms with Gasteiger partial charge in [-0.05, 0) is 23.8 Å². The quantitative estimate of drug-likeness (QED) is 0.849. The summed E-state index contributed by atoms with van der Waals surface area (Å²) in [4.78, 5) is 6.31. The summed E-state index contributed by atoms with van der Waals surface area (Å²) in [6.45, 7) is 1.66. The van der Waals surface area contributed by atoms with E-state index in [9.17, 15) is 0 Å². The van der Waals surface area contributed by atoms with Crippen LogP contribution in [0.25, 0.3) is 0 Å². The fourth-order valence-corrected chi connectivity index (χ4v) is 2.78. The zero-order valence-corrected chi connectivity index (χ0v) is 12.1. The Labute approximate surface area is 112 Å². The number of nitrogens with zero attached hydrogens (tertiary/aromatic N) is 2. The third kappa shape index (κ3) is 2.40. The van der Waals surface area contributed by atoms with E-state index in [0.717, 1.165) is 22.0 Å². The van der Waals surface area contributed by atoms with Crippen molar-refractivity contribution in [2.24, 2.45) is 10.7 Å². The molecule has 1 heterocycles. The molecule has 1 atom stereocenters. The second-order valence-corrected chi connectivity index (χ2v) is 5.71. The SMILES string of the molecule is CN1CC(c2cc(Br)ccc2Br)CN=C1N. The second kappa shape index (κ2) is 4.75. The van der Waals surface area contributed by atoms with Crippen LogP contribution in [0.3, 0.4) is 0 Å². The van der Waals surface area contributed by atoms with Crippen LogP contribution in [0.1, 0.15) is 11.5 Å². The minimum atomic E-state index is 0.393. The summed E-state index contributed by atoms with van der Waals surface area (Å²) in [5.41, 5.74) is 7.02. The summed E-state index contributed by atoms with van der Waals surface area (Å²) in [6, 6.07) is 6.22. The van der Waals surface area contributed by atoms with Crippen LogP contribution in [0.5, 0.6) is 0 Å². The summed E-state index contributed by atoms with van der Waals surface area (Å²) in [7, 11) is 1.97. The van der Waals surface area contributed by atoms with Crippen molar-refractivity contribution in [1.82, 2.24) is 4.90 Å². The van der Waals surface area contributed by atoms with Crippen LogP contribution in [-0.2, 0) is 0 Å². The number of guanidine groups is 1. The number of likely N-dealkylation sites (N-methyl/N-ethyl adjacent to an activating group) is 1. The molecule has 0 aliphatic carbocycles. The molecule has 1 aromatic rings. The van der Waals surface area contributed by atoms with E-state index in [2.05, 4.69) is 49.0 Å². The fourth-order valence-electron chi connectivity index (χ4n) is 1.83. The summed E-state index contributed by atoms with van der Waals surface area (Å²) < 4.78 is 2.22. The first kappa shape index (κ1) is 11.9. The van der Waals surface area contributed by atoms with Gasteiger partial charge in [0.15, 0.2) is 5.96 Å². The Morgan fingerprint density at radius 1 is 1.44 bits per heavy atom. The molecule has 5 heteroatoms. The average molecular weight is 347 g/mol. The number of aliphatic imine (C=N–C) groups is 1. The van der Waals surface area contributed by atoms with Gasteiger partial charge in [0.25, 0.3) is 0 Å². The Balaban J connectivity index is 2.29. The molecular weight excluding hydrogens is 334 g/mol. The number of hydrogen-bond acceptors (Lipinski definition) is 3. The molecule has 1 unspecified atom stereocenters. The normalized spacial score (nSPS) is 20.8. The van der Waals surface area contributed by atoms with Gasteiger partial charge in [-0.1, -0.05) is 31.9 Å². The Bertz CT molecular complexity index is 431. The summed E-state index contributed by atoms with van der Waals surface area (Å²) in [6.07, 6.45) is 0. The highest BCUT2D eigenvalue weighted by atomic mass is 79.9. The third-order valence-corrected chi connectivity index (χ3v) is 3.97. The molecule has 1 aromatic carbocycles. The highest BCUT2D eigenvalue weighted by Crippen LogP contribution is 2.30. The highest BCUT2D eigenvalue weighted by Gasteiger charge is 2.21. The van der Waals surface area contributed by atoms with Crippen molar-refractivity contribution in [2.75, 3.05) is 20.1 Å². The van der Waals surface area contributed by atoms with Crippen LogP contribution in [0.15, 0.2) is 32.1 Å². The minimum Gasteiger partial charge on any atom is -0.370 e. The minimum absolute atomic E-state index is 0.393. The summed E-state index contributed by atoms with van der Waals surface area (Å²) in [5.74, 6) is 1.02. The van der Waals surface area contributed by atoms with Gasteiger partial charge in [-0.25, -0.2) is 0 Å². The zero-order valence-electron chi connectivity index (χ0n) is 8.95. The van der Waals surface area contributed by atoms with Crippen molar-refractivity contribution in [3.8, 4) is 0 Å². The Morgan fingerprint density at radius 3 is 2.88 bits per heavy atom. The topological polar surface area (TPSA) is 41.6 Å². The molecular formula is C11H13Br2N3. The van der Waals surface area contributed by atoms with Gasteiger partial charge in [0.05, 0.1) is 6.54 Å². The molecule has 0 saturated heterocycles. The van der Waals surface area contributed by atoms with Crippen LogP contribution in [0.4, 0.5) is 0 Å². The lowest BCUT2D eigenvalue weighted by Gasteiger charge is -2.29. The summed E-state index contributed by atoms with van der Waals surface area (Å²) >= 11 is 7.08. The Morgan fingerprint density at radius 2 is 2.19 bits per heavy atom. The Hall–Kier alpha value is -0.550. The number of benzene rings is 1. The van der Waals surface area contributed by atoms with E-state index in [-0.39, 0.29) is 0 Å². The molecule has 0 bridgehead atoms. The van der Waals surface area contributed by atoms with Crippen molar-refractivity contribution >= 4 is 37.8 Å². The van der Waals surface area contributed by atoms with Crippen LogP contribution in [0, 0.1) is 0 Å². The standard InChI is InChI=1S/C11H13Br2N3/c1-16-6-7(5-15-11(16)14)9-4-8(12)2-3-10(9)13/h2-4,7H,5-6H2,1H3,(H2,14,15).